The Labute approximate surface area is 139 Å². The predicted octanol–water partition coefficient (Wildman–Crippen LogP) is 3.22. The Kier molecular flexibility index (Phi) is 3.57. The van der Waals surface area contributed by atoms with Crippen LogP contribution < -0.4 is 0 Å². The van der Waals surface area contributed by atoms with Crippen LogP contribution in [-0.4, -0.2) is 35.6 Å². The summed E-state index contributed by atoms with van der Waals surface area (Å²) in [6.45, 7) is 4.63. The van der Waals surface area contributed by atoms with E-state index in [1.807, 2.05) is 13.2 Å². The lowest BCUT2D eigenvalue weighted by molar-refractivity contribution is -0.0242. The molecule has 0 unspecified atom stereocenters. The molecule has 2 saturated carbocycles. The molecule has 4 rings (SSSR count). The van der Waals surface area contributed by atoms with Crippen LogP contribution in [0.25, 0.3) is 0 Å². The van der Waals surface area contributed by atoms with E-state index in [1.54, 1.807) is 0 Å². The molecule has 2 fully saturated rings. The molecule has 3 nitrogen and oxygen atoms in total. The molecule has 0 amide bonds. The van der Waals surface area contributed by atoms with E-state index in [0.717, 1.165) is 38.5 Å². The summed E-state index contributed by atoms with van der Waals surface area (Å²) in [5.74, 6) is 0.987. The quantitative estimate of drug-likeness (QED) is 0.730. The van der Waals surface area contributed by atoms with Crippen molar-refractivity contribution in [3.8, 4) is 0 Å². The molecule has 128 valence electrons. The Morgan fingerprint density at radius 2 is 1.96 bits per heavy atom. The van der Waals surface area contributed by atoms with Crippen molar-refractivity contribution in [3.05, 3.63) is 23.3 Å². The second-order valence-electron chi connectivity index (χ2n) is 8.68. The zero-order valence-corrected chi connectivity index (χ0v) is 14.6. The molecular formula is C20H30O3. The highest BCUT2D eigenvalue weighted by molar-refractivity contribution is 5.39. The molecule has 4 aliphatic carbocycles. The van der Waals surface area contributed by atoms with Crippen LogP contribution in [-0.2, 0) is 4.74 Å². The number of hydrogen-bond donors (Lipinski definition) is 2. The number of methoxy groups -OCH3 is 1. The van der Waals surface area contributed by atoms with Gasteiger partial charge in [0.2, 0.25) is 0 Å². The lowest BCUT2D eigenvalue weighted by Crippen LogP contribution is -2.51. The van der Waals surface area contributed by atoms with Crippen molar-refractivity contribution in [2.24, 2.45) is 22.7 Å². The Morgan fingerprint density at radius 3 is 2.70 bits per heavy atom. The summed E-state index contributed by atoms with van der Waals surface area (Å²) in [5, 5.41) is 20.6. The van der Waals surface area contributed by atoms with E-state index in [2.05, 4.69) is 19.9 Å². The first-order chi connectivity index (χ1) is 10.9. The highest BCUT2D eigenvalue weighted by Gasteiger charge is 2.56. The molecule has 4 aliphatic rings. The van der Waals surface area contributed by atoms with Crippen molar-refractivity contribution in [2.75, 3.05) is 7.11 Å². The smallest absolute Gasteiger partial charge is 0.0790 e. The Hall–Kier alpha value is -0.640. The molecule has 0 heterocycles. The highest BCUT2D eigenvalue weighted by Crippen LogP contribution is 2.62. The molecule has 23 heavy (non-hydrogen) atoms. The molecule has 3 heteroatoms. The van der Waals surface area contributed by atoms with E-state index in [1.165, 1.54) is 11.1 Å². The van der Waals surface area contributed by atoms with Crippen molar-refractivity contribution >= 4 is 0 Å². The van der Waals surface area contributed by atoms with Crippen LogP contribution in [0.2, 0.25) is 0 Å². The maximum atomic E-state index is 10.5. The second kappa shape index (κ2) is 5.18. The van der Waals surface area contributed by atoms with Gasteiger partial charge in [-0.3, -0.25) is 0 Å². The number of aliphatic hydroxyl groups is 2. The van der Waals surface area contributed by atoms with Gasteiger partial charge in [0.25, 0.3) is 0 Å². The first-order valence-corrected chi connectivity index (χ1v) is 9.22. The van der Waals surface area contributed by atoms with Crippen LogP contribution in [0.15, 0.2) is 23.3 Å². The normalized spacial score (nSPS) is 52.1. The minimum Gasteiger partial charge on any atom is -0.392 e. The van der Waals surface area contributed by atoms with Gasteiger partial charge in [0.05, 0.1) is 18.3 Å². The van der Waals surface area contributed by atoms with Crippen molar-refractivity contribution in [1.29, 1.82) is 0 Å². The molecule has 0 aromatic carbocycles. The molecule has 0 radical (unpaired) electrons. The number of allylic oxidation sites excluding steroid dienone is 1. The van der Waals surface area contributed by atoms with E-state index in [4.69, 9.17) is 4.74 Å². The Balaban J connectivity index is 1.84. The van der Waals surface area contributed by atoms with Crippen LogP contribution in [0.1, 0.15) is 52.4 Å². The summed E-state index contributed by atoms with van der Waals surface area (Å²) < 4.78 is 5.93. The van der Waals surface area contributed by atoms with Crippen molar-refractivity contribution in [2.45, 2.75) is 70.7 Å². The molecule has 0 saturated heterocycles. The van der Waals surface area contributed by atoms with Crippen LogP contribution >= 0.6 is 0 Å². The zero-order valence-electron chi connectivity index (χ0n) is 14.6. The van der Waals surface area contributed by atoms with Crippen LogP contribution in [0, 0.1) is 22.7 Å². The average molecular weight is 318 g/mol. The van der Waals surface area contributed by atoms with Crippen LogP contribution in [0.5, 0.6) is 0 Å². The lowest BCUT2D eigenvalue weighted by atomic mass is 9.50. The largest absolute Gasteiger partial charge is 0.392 e. The molecule has 2 N–H and O–H groups in total. The van der Waals surface area contributed by atoms with Crippen molar-refractivity contribution in [1.82, 2.24) is 0 Å². The van der Waals surface area contributed by atoms with Crippen molar-refractivity contribution < 1.29 is 14.9 Å². The fourth-order valence-electron chi connectivity index (χ4n) is 6.19. The molecule has 7 atom stereocenters. The second-order valence-corrected chi connectivity index (χ2v) is 8.68. The zero-order chi connectivity index (χ0) is 16.4. The minimum absolute atomic E-state index is 0.0380. The monoisotopic (exact) mass is 318 g/mol. The standard InChI is InChI=1S/C20H30O3/c1-19-8-6-13(21)10-12(19)11-16(23-3)18-14-4-5-17(22)20(14,2)9-7-15(18)19/h6,8,12-13,15-17,21-22H,4-5,7,9-11H2,1-3H3/t12-,13-,15-,16-,17-,19-,20-/m0/s1. The van der Waals surface area contributed by atoms with Gasteiger partial charge in [-0.15, -0.1) is 0 Å². The van der Waals surface area contributed by atoms with E-state index < -0.39 is 0 Å². The summed E-state index contributed by atoms with van der Waals surface area (Å²) in [7, 11) is 1.82. The Morgan fingerprint density at radius 1 is 1.17 bits per heavy atom. The van der Waals surface area contributed by atoms with Gasteiger partial charge in [-0.25, -0.2) is 0 Å². The number of aliphatic hydroxyl groups excluding tert-OH is 2. The topological polar surface area (TPSA) is 49.7 Å². The molecule has 0 bridgehead atoms. The van der Waals surface area contributed by atoms with E-state index in [0.29, 0.717) is 11.8 Å². The summed E-state index contributed by atoms with van der Waals surface area (Å²) in [5.41, 5.74) is 3.08. The highest BCUT2D eigenvalue weighted by atomic mass is 16.5. The van der Waals surface area contributed by atoms with Gasteiger partial charge >= 0.3 is 0 Å². The number of rotatable bonds is 1. The maximum absolute atomic E-state index is 10.5. The van der Waals surface area contributed by atoms with E-state index in [9.17, 15) is 10.2 Å². The predicted molar refractivity (Wildman–Crippen MR) is 89.9 cm³/mol. The number of hydrogen-bond acceptors (Lipinski definition) is 3. The van der Waals surface area contributed by atoms with Gasteiger partial charge < -0.3 is 14.9 Å². The third-order valence-corrected chi connectivity index (χ3v) is 7.73. The molecule has 0 aromatic heterocycles. The fraction of sp³-hybridized carbons (Fsp3) is 0.800. The average Bonchev–Trinajstić information content (AvgIpc) is 2.83. The fourth-order valence-corrected chi connectivity index (χ4v) is 6.19. The molecule has 0 aliphatic heterocycles. The molecule has 0 spiro atoms. The maximum Gasteiger partial charge on any atom is 0.0790 e. The number of fused-ring (bicyclic) bond motifs is 4. The third kappa shape index (κ3) is 2.06. The van der Waals surface area contributed by atoms with Gasteiger partial charge in [0, 0.05) is 12.5 Å². The SMILES string of the molecule is CO[C@H]1C[C@@H]2C[C@@H](O)C=C[C@]2(C)[C@H]2CC[C@@]3(C)C(=C12)CC[C@@H]3O. The van der Waals surface area contributed by atoms with E-state index >= 15 is 0 Å². The van der Waals surface area contributed by atoms with Crippen LogP contribution in [0.3, 0.4) is 0 Å². The minimum atomic E-state index is -0.304. The van der Waals surface area contributed by atoms with E-state index in [-0.39, 0.29) is 29.1 Å². The summed E-state index contributed by atoms with van der Waals surface area (Å²) in [6, 6.07) is 0. The molecular weight excluding hydrogens is 288 g/mol. The first kappa shape index (κ1) is 15.9. The van der Waals surface area contributed by atoms with Crippen molar-refractivity contribution in [3.63, 3.8) is 0 Å². The van der Waals surface area contributed by atoms with Crippen LogP contribution in [0.4, 0.5) is 0 Å². The summed E-state index contributed by atoms with van der Waals surface area (Å²) in [4.78, 5) is 0. The Bertz CT molecular complexity index is 565. The first-order valence-electron chi connectivity index (χ1n) is 9.22. The van der Waals surface area contributed by atoms with Gasteiger partial charge in [-0.05, 0) is 61.3 Å². The summed E-state index contributed by atoms with van der Waals surface area (Å²) >= 11 is 0. The molecule has 0 aromatic rings. The number of ether oxygens (including phenoxy) is 1. The van der Waals surface area contributed by atoms with Gasteiger partial charge in [0.1, 0.15) is 0 Å². The van der Waals surface area contributed by atoms with Gasteiger partial charge in [0.15, 0.2) is 0 Å². The summed E-state index contributed by atoms with van der Waals surface area (Å²) in [6.07, 6.45) is 9.93. The van der Waals surface area contributed by atoms with Gasteiger partial charge in [-0.1, -0.05) is 31.6 Å². The lowest BCUT2D eigenvalue weighted by Gasteiger charge is -2.56. The van der Waals surface area contributed by atoms with Gasteiger partial charge in [-0.2, -0.15) is 0 Å². The third-order valence-electron chi connectivity index (χ3n) is 7.73.